The molecular weight excluding hydrogens is 327 g/mol. The van der Waals surface area contributed by atoms with Crippen molar-refractivity contribution in [3.8, 4) is 11.9 Å². The molecule has 0 bridgehead atoms. The lowest BCUT2D eigenvalue weighted by Crippen LogP contribution is -1.99. The molecule has 0 N–H and O–H groups in total. The molecule has 1 aromatic rings. The van der Waals surface area contributed by atoms with Gasteiger partial charge in [-0.05, 0) is 25.2 Å². The van der Waals surface area contributed by atoms with Crippen LogP contribution in [0.4, 0.5) is 0 Å². The molecule has 0 aliphatic carbocycles. The quantitative estimate of drug-likeness (QED) is 0.524. The monoisotopic (exact) mass is 342 g/mol. The topological polar surface area (TPSA) is 53.5 Å². The van der Waals surface area contributed by atoms with Gasteiger partial charge in [-0.3, -0.25) is 0 Å². The van der Waals surface area contributed by atoms with Crippen LogP contribution in [-0.2, 0) is 16.3 Å². The van der Waals surface area contributed by atoms with E-state index in [0.29, 0.717) is 6.61 Å². The van der Waals surface area contributed by atoms with Crippen LogP contribution in [0.25, 0.3) is 0 Å². The minimum atomic E-state index is -2.46. The van der Waals surface area contributed by atoms with Gasteiger partial charge in [-0.2, -0.15) is 9.97 Å². The van der Waals surface area contributed by atoms with Gasteiger partial charge in [0, 0.05) is 11.8 Å². The summed E-state index contributed by atoms with van der Waals surface area (Å²) in [6.07, 6.45) is 0.993. The first kappa shape index (κ1) is 17.0. The Hall–Kier alpha value is -0.0700. The molecule has 0 saturated carbocycles. The fourth-order valence-corrected chi connectivity index (χ4v) is 5.83. The van der Waals surface area contributed by atoms with Crippen LogP contribution in [0, 0.1) is 0 Å². The van der Waals surface area contributed by atoms with E-state index in [2.05, 4.69) is 16.9 Å². The van der Waals surface area contributed by atoms with Gasteiger partial charge in [-0.25, -0.2) is 0 Å². The van der Waals surface area contributed by atoms with E-state index in [1.165, 1.54) is 24.6 Å². The molecule has 0 fully saturated rings. The molecule has 1 rings (SSSR count). The Kier molecular flexibility index (Phi) is 7.39. The van der Waals surface area contributed by atoms with E-state index in [9.17, 15) is 0 Å². The zero-order chi connectivity index (χ0) is 14.3. The first-order valence-electron chi connectivity index (χ1n) is 5.70. The number of aromatic nitrogens is 2. The van der Waals surface area contributed by atoms with Crippen LogP contribution in [0.2, 0.25) is 5.15 Å². The average Bonchev–Trinajstić information content (AvgIpc) is 2.36. The van der Waals surface area contributed by atoms with Crippen molar-refractivity contribution in [3.05, 3.63) is 11.2 Å². The molecule has 0 aliphatic rings. The molecule has 0 aliphatic heterocycles. The Labute approximate surface area is 127 Å². The lowest BCUT2D eigenvalue weighted by atomic mass is 10.6. The van der Waals surface area contributed by atoms with Crippen LogP contribution in [-0.4, -0.2) is 29.4 Å². The van der Waals surface area contributed by atoms with E-state index in [4.69, 9.17) is 37.2 Å². The highest BCUT2D eigenvalue weighted by Gasteiger charge is 2.22. The van der Waals surface area contributed by atoms with Crippen molar-refractivity contribution in [2.24, 2.45) is 0 Å². The van der Waals surface area contributed by atoms with Crippen molar-refractivity contribution in [3.63, 3.8) is 0 Å². The van der Waals surface area contributed by atoms with Gasteiger partial charge < -0.3 is 13.8 Å². The SMILES string of the molecule is CCCS[P@@](=S)(OCC)Oc1cc(Cl)nc(OC)n1. The third-order valence-corrected chi connectivity index (χ3v) is 7.39. The molecule has 1 heterocycles. The third-order valence-electron chi connectivity index (χ3n) is 1.78. The van der Waals surface area contributed by atoms with Gasteiger partial charge in [0.15, 0.2) is 0 Å². The predicted molar refractivity (Wildman–Crippen MR) is 82.9 cm³/mol. The molecule has 108 valence electrons. The molecular formula is C10H16ClN2O3PS2. The summed E-state index contributed by atoms with van der Waals surface area (Å²) < 4.78 is 16.2. The summed E-state index contributed by atoms with van der Waals surface area (Å²) >= 11 is 12.8. The Morgan fingerprint density at radius 1 is 1.42 bits per heavy atom. The standard InChI is InChI=1S/C10H16ClN2O3PS2/c1-4-6-19-17(18,15-5-2)16-9-7-8(11)12-10(13-9)14-3/h7H,4-6H2,1-3H3/t17-/m0/s1. The number of rotatable bonds is 8. The van der Waals surface area contributed by atoms with E-state index in [-0.39, 0.29) is 17.0 Å². The van der Waals surface area contributed by atoms with Crippen LogP contribution < -0.4 is 9.26 Å². The molecule has 0 radical (unpaired) electrons. The van der Waals surface area contributed by atoms with E-state index in [0.717, 1.165) is 12.2 Å². The maximum atomic E-state index is 5.86. The van der Waals surface area contributed by atoms with Gasteiger partial charge in [-0.1, -0.05) is 29.9 Å². The molecule has 19 heavy (non-hydrogen) atoms. The Morgan fingerprint density at radius 2 is 2.16 bits per heavy atom. The van der Waals surface area contributed by atoms with Crippen molar-refractivity contribution < 1.29 is 13.8 Å². The lowest BCUT2D eigenvalue weighted by molar-refractivity contribution is 0.336. The minimum Gasteiger partial charge on any atom is -0.467 e. The second kappa shape index (κ2) is 8.27. The zero-order valence-electron chi connectivity index (χ0n) is 11.0. The molecule has 1 atom stereocenters. The molecule has 0 saturated heterocycles. The second-order valence-electron chi connectivity index (χ2n) is 3.31. The third kappa shape index (κ3) is 5.83. The normalized spacial score (nSPS) is 13.9. The van der Waals surface area contributed by atoms with Gasteiger partial charge >= 0.3 is 6.01 Å². The molecule has 9 heteroatoms. The summed E-state index contributed by atoms with van der Waals surface area (Å²) in [5.74, 6) is 1.14. The highest BCUT2D eigenvalue weighted by atomic mass is 35.5. The second-order valence-corrected chi connectivity index (χ2v) is 10.0. The van der Waals surface area contributed by atoms with Crippen molar-refractivity contribution in [2.45, 2.75) is 20.3 Å². The van der Waals surface area contributed by atoms with E-state index in [1.54, 1.807) is 0 Å². The summed E-state index contributed by atoms with van der Waals surface area (Å²) in [5, 5.41) is 0.236. The average molecular weight is 343 g/mol. The fraction of sp³-hybridized carbons (Fsp3) is 0.600. The highest BCUT2D eigenvalue weighted by Crippen LogP contribution is 2.60. The summed E-state index contributed by atoms with van der Waals surface area (Å²) in [5.41, 5.74) is -2.46. The lowest BCUT2D eigenvalue weighted by Gasteiger charge is -2.20. The van der Waals surface area contributed by atoms with Gasteiger partial charge in [0.25, 0.3) is 5.69 Å². The predicted octanol–water partition coefficient (Wildman–Crippen LogP) is 3.92. The molecule has 0 spiro atoms. The Balaban J connectivity index is 2.89. The van der Waals surface area contributed by atoms with Gasteiger partial charge in [0.05, 0.1) is 13.7 Å². The number of halogens is 1. The first-order valence-corrected chi connectivity index (χ1v) is 10.3. The maximum Gasteiger partial charge on any atom is 0.320 e. The Morgan fingerprint density at radius 3 is 2.74 bits per heavy atom. The summed E-state index contributed by atoms with van der Waals surface area (Å²) in [6.45, 7) is 4.44. The maximum absolute atomic E-state index is 5.86. The zero-order valence-corrected chi connectivity index (χ0v) is 14.2. The summed E-state index contributed by atoms with van der Waals surface area (Å²) in [7, 11) is 1.46. The van der Waals surface area contributed by atoms with E-state index >= 15 is 0 Å². The molecule has 5 nitrogen and oxygen atoms in total. The number of methoxy groups -OCH3 is 1. The number of ether oxygens (including phenoxy) is 1. The summed E-state index contributed by atoms with van der Waals surface area (Å²) in [6, 6.07) is 1.64. The van der Waals surface area contributed by atoms with Gasteiger partial charge in [-0.15, -0.1) is 0 Å². The van der Waals surface area contributed by atoms with Crippen molar-refractivity contribution in [1.29, 1.82) is 0 Å². The van der Waals surface area contributed by atoms with Gasteiger partial charge in [0.2, 0.25) is 5.88 Å². The van der Waals surface area contributed by atoms with Crippen LogP contribution in [0.1, 0.15) is 20.3 Å². The van der Waals surface area contributed by atoms with Crippen LogP contribution in [0.5, 0.6) is 11.9 Å². The van der Waals surface area contributed by atoms with E-state index in [1.807, 2.05) is 6.92 Å². The largest absolute Gasteiger partial charge is 0.467 e. The van der Waals surface area contributed by atoms with Crippen LogP contribution >= 0.6 is 28.7 Å². The molecule has 0 amide bonds. The molecule has 1 aromatic heterocycles. The molecule has 0 unspecified atom stereocenters. The van der Waals surface area contributed by atoms with Crippen molar-refractivity contribution >= 4 is 40.5 Å². The minimum absolute atomic E-state index is 0.140. The van der Waals surface area contributed by atoms with E-state index < -0.39 is 5.69 Å². The van der Waals surface area contributed by atoms with Crippen LogP contribution in [0.3, 0.4) is 0 Å². The molecule has 0 aromatic carbocycles. The highest BCUT2D eigenvalue weighted by molar-refractivity contribution is 8.68. The number of nitrogens with zero attached hydrogens (tertiary/aromatic N) is 2. The van der Waals surface area contributed by atoms with Crippen molar-refractivity contribution in [2.75, 3.05) is 19.5 Å². The van der Waals surface area contributed by atoms with Crippen molar-refractivity contribution in [1.82, 2.24) is 9.97 Å². The van der Waals surface area contributed by atoms with Crippen LogP contribution in [0.15, 0.2) is 6.07 Å². The number of hydrogen-bond donors (Lipinski definition) is 0. The van der Waals surface area contributed by atoms with Gasteiger partial charge in [0.1, 0.15) is 5.15 Å². The number of hydrogen-bond acceptors (Lipinski definition) is 7. The Bertz CT molecular complexity index is 464. The smallest absolute Gasteiger partial charge is 0.320 e. The summed E-state index contributed by atoms with van der Waals surface area (Å²) in [4.78, 5) is 7.93. The fourth-order valence-electron chi connectivity index (χ4n) is 1.08. The first-order chi connectivity index (χ1) is 9.03.